The largest absolute Gasteiger partial charge is 0.347 e. The van der Waals surface area contributed by atoms with Crippen LogP contribution in [0.3, 0.4) is 0 Å². The van der Waals surface area contributed by atoms with Gasteiger partial charge in [0.2, 0.25) is 0 Å². The van der Waals surface area contributed by atoms with Gasteiger partial charge in [0.25, 0.3) is 10.0 Å². The Hall–Kier alpha value is -2.69. The van der Waals surface area contributed by atoms with Crippen LogP contribution in [-0.2, 0) is 22.5 Å². The van der Waals surface area contributed by atoms with Crippen LogP contribution in [-0.4, -0.2) is 42.9 Å². The predicted octanol–water partition coefficient (Wildman–Crippen LogP) is 1.13. The van der Waals surface area contributed by atoms with E-state index in [1.54, 1.807) is 14.0 Å². The zero-order chi connectivity index (χ0) is 18.4. The molecule has 0 aromatic carbocycles. The Morgan fingerprint density at radius 1 is 1.28 bits per heavy atom. The number of hydrogen-bond acceptors (Lipinski definition) is 6. The molecule has 25 heavy (non-hydrogen) atoms. The Bertz CT molecular complexity index is 992. The SMILES string of the molecule is Cc1nn(C)c(-n2cncn2)c1NS(=O)(=O)c1nc[nH]c1C(C)(C)C. The monoisotopic (exact) mass is 364 g/mol. The zero-order valence-corrected chi connectivity index (χ0v) is 15.5. The smallest absolute Gasteiger partial charge is 0.281 e. The predicted molar refractivity (Wildman–Crippen MR) is 91.0 cm³/mol. The summed E-state index contributed by atoms with van der Waals surface area (Å²) in [5.41, 5.74) is 0.975. The first-order valence-electron chi connectivity index (χ1n) is 7.56. The van der Waals surface area contributed by atoms with Crippen molar-refractivity contribution in [1.82, 2.24) is 34.5 Å². The molecule has 3 aromatic heterocycles. The molecule has 0 spiro atoms. The third-order valence-corrected chi connectivity index (χ3v) is 4.96. The lowest BCUT2D eigenvalue weighted by Gasteiger charge is -2.18. The lowest BCUT2D eigenvalue weighted by Crippen LogP contribution is -2.22. The average molecular weight is 364 g/mol. The van der Waals surface area contributed by atoms with Crippen LogP contribution in [0.15, 0.2) is 24.0 Å². The minimum absolute atomic E-state index is 0.0345. The highest BCUT2D eigenvalue weighted by atomic mass is 32.2. The minimum atomic E-state index is -3.91. The second-order valence-corrected chi connectivity index (χ2v) is 8.28. The summed E-state index contributed by atoms with van der Waals surface area (Å²) in [6.45, 7) is 7.45. The molecule has 0 saturated carbocycles. The number of aromatic nitrogens is 7. The molecule has 0 atom stereocenters. The van der Waals surface area contributed by atoms with E-state index in [0.717, 1.165) is 0 Å². The number of anilines is 1. The maximum Gasteiger partial charge on any atom is 0.281 e. The molecule has 2 N–H and O–H groups in total. The van der Waals surface area contributed by atoms with Crippen molar-refractivity contribution in [2.75, 3.05) is 4.72 Å². The minimum Gasteiger partial charge on any atom is -0.347 e. The second kappa shape index (κ2) is 5.69. The van der Waals surface area contributed by atoms with E-state index in [9.17, 15) is 8.42 Å². The summed E-state index contributed by atoms with van der Waals surface area (Å²) in [5.74, 6) is 0.464. The fourth-order valence-electron chi connectivity index (χ4n) is 2.55. The molecular weight excluding hydrogens is 344 g/mol. The molecule has 0 saturated heterocycles. The van der Waals surface area contributed by atoms with Gasteiger partial charge in [-0.2, -0.15) is 18.6 Å². The van der Waals surface area contributed by atoms with Crippen molar-refractivity contribution in [3.8, 4) is 5.82 Å². The van der Waals surface area contributed by atoms with Crippen LogP contribution in [0.5, 0.6) is 0 Å². The number of nitrogens with zero attached hydrogens (tertiary/aromatic N) is 6. The topological polar surface area (TPSA) is 123 Å². The molecule has 0 fully saturated rings. The van der Waals surface area contributed by atoms with Crippen LogP contribution >= 0.6 is 0 Å². The van der Waals surface area contributed by atoms with E-state index in [-0.39, 0.29) is 5.03 Å². The van der Waals surface area contributed by atoms with E-state index in [2.05, 4.69) is 29.9 Å². The number of aryl methyl sites for hydroxylation is 2. The van der Waals surface area contributed by atoms with Crippen molar-refractivity contribution in [2.24, 2.45) is 7.05 Å². The molecule has 3 heterocycles. The number of nitrogens with one attached hydrogen (secondary N) is 2. The van der Waals surface area contributed by atoms with Crippen LogP contribution in [0.1, 0.15) is 32.2 Å². The first-order valence-corrected chi connectivity index (χ1v) is 9.05. The molecule has 11 heteroatoms. The summed E-state index contributed by atoms with van der Waals surface area (Å²) >= 11 is 0. The van der Waals surface area contributed by atoms with Crippen molar-refractivity contribution in [3.63, 3.8) is 0 Å². The Labute approximate surface area is 145 Å². The standard InChI is InChI=1S/C14H20N8O2S/c1-9-10(13(21(5)19-9)22-8-15-6-18-22)20-25(23,24)12-11(14(2,3)4)16-7-17-12/h6-8,20H,1-5H3,(H,16,17). The summed E-state index contributed by atoms with van der Waals surface area (Å²) < 4.78 is 31.5. The maximum absolute atomic E-state index is 12.9. The fourth-order valence-corrected chi connectivity index (χ4v) is 3.98. The third kappa shape index (κ3) is 3.02. The number of aromatic amines is 1. The van der Waals surface area contributed by atoms with Crippen molar-refractivity contribution in [1.29, 1.82) is 0 Å². The van der Waals surface area contributed by atoms with Gasteiger partial charge < -0.3 is 4.98 Å². The van der Waals surface area contributed by atoms with Gasteiger partial charge in [-0.25, -0.2) is 19.3 Å². The van der Waals surface area contributed by atoms with Gasteiger partial charge in [-0.3, -0.25) is 4.72 Å². The van der Waals surface area contributed by atoms with Gasteiger partial charge in [-0.15, -0.1) is 0 Å². The zero-order valence-electron chi connectivity index (χ0n) is 14.6. The quantitative estimate of drug-likeness (QED) is 0.715. The van der Waals surface area contributed by atoms with Gasteiger partial charge in [0.15, 0.2) is 10.8 Å². The lowest BCUT2D eigenvalue weighted by molar-refractivity contribution is 0.547. The van der Waals surface area contributed by atoms with Gasteiger partial charge >= 0.3 is 0 Å². The van der Waals surface area contributed by atoms with Crippen LogP contribution in [0.25, 0.3) is 5.82 Å². The molecule has 3 rings (SSSR count). The Morgan fingerprint density at radius 2 is 2.00 bits per heavy atom. The second-order valence-electron chi connectivity index (χ2n) is 6.69. The van der Waals surface area contributed by atoms with Gasteiger partial charge in [-0.05, 0) is 6.92 Å². The lowest BCUT2D eigenvalue weighted by atomic mass is 9.93. The number of imidazole rings is 1. The molecule has 134 valence electrons. The van der Waals surface area contributed by atoms with E-state index < -0.39 is 15.4 Å². The molecule has 0 aliphatic rings. The van der Waals surface area contributed by atoms with Gasteiger partial charge in [-0.1, -0.05) is 20.8 Å². The molecule has 0 amide bonds. The molecule has 3 aromatic rings. The Morgan fingerprint density at radius 3 is 2.60 bits per heavy atom. The maximum atomic E-state index is 12.9. The Balaban J connectivity index is 2.08. The highest BCUT2D eigenvalue weighted by Gasteiger charge is 2.30. The van der Waals surface area contributed by atoms with E-state index in [0.29, 0.717) is 22.9 Å². The van der Waals surface area contributed by atoms with Crippen molar-refractivity contribution >= 4 is 15.7 Å². The van der Waals surface area contributed by atoms with Gasteiger partial charge in [0, 0.05) is 12.5 Å². The molecule has 0 bridgehead atoms. The Kier molecular flexibility index (Phi) is 3.90. The first-order chi connectivity index (χ1) is 11.6. The van der Waals surface area contributed by atoms with Crippen LogP contribution in [0.4, 0.5) is 5.69 Å². The molecule has 0 radical (unpaired) electrons. The molecular formula is C14H20N8O2S. The van der Waals surface area contributed by atoms with Crippen molar-refractivity contribution in [2.45, 2.75) is 38.1 Å². The molecule has 0 aliphatic heterocycles. The fraction of sp³-hybridized carbons (Fsp3) is 0.429. The summed E-state index contributed by atoms with van der Waals surface area (Å²) in [6, 6.07) is 0. The highest BCUT2D eigenvalue weighted by molar-refractivity contribution is 7.92. The summed E-state index contributed by atoms with van der Waals surface area (Å²) in [5, 5.41) is 8.30. The summed E-state index contributed by atoms with van der Waals surface area (Å²) in [4.78, 5) is 10.8. The first kappa shape index (κ1) is 17.1. The summed E-state index contributed by atoms with van der Waals surface area (Å²) in [7, 11) is -2.21. The average Bonchev–Trinajstić information content (AvgIpc) is 3.20. The van der Waals surface area contributed by atoms with Crippen molar-refractivity contribution < 1.29 is 8.42 Å². The van der Waals surface area contributed by atoms with Crippen molar-refractivity contribution in [3.05, 3.63) is 30.4 Å². The van der Waals surface area contributed by atoms with E-state index in [1.165, 1.54) is 28.3 Å². The third-order valence-electron chi connectivity index (χ3n) is 3.67. The molecule has 10 nitrogen and oxygen atoms in total. The number of hydrogen-bond donors (Lipinski definition) is 2. The van der Waals surface area contributed by atoms with Crippen LogP contribution < -0.4 is 4.72 Å². The number of rotatable bonds is 4. The van der Waals surface area contributed by atoms with E-state index in [1.807, 2.05) is 20.8 Å². The number of sulfonamides is 1. The molecule has 0 unspecified atom stereocenters. The van der Waals surface area contributed by atoms with Crippen LogP contribution in [0.2, 0.25) is 0 Å². The summed E-state index contributed by atoms with van der Waals surface area (Å²) in [6.07, 6.45) is 4.22. The van der Waals surface area contributed by atoms with Gasteiger partial charge in [0.05, 0.1) is 17.7 Å². The van der Waals surface area contributed by atoms with E-state index in [4.69, 9.17) is 0 Å². The normalized spacial score (nSPS) is 12.5. The van der Waals surface area contributed by atoms with Gasteiger partial charge in [0.1, 0.15) is 18.3 Å². The van der Waals surface area contributed by atoms with E-state index >= 15 is 0 Å². The van der Waals surface area contributed by atoms with Crippen LogP contribution in [0, 0.1) is 6.92 Å². The molecule has 0 aliphatic carbocycles. The highest BCUT2D eigenvalue weighted by Crippen LogP contribution is 2.29. The number of H-pyrrole nitrogens is 1.